The maximum Gasteiger partial charge on any atom is 0.0864 e. The summed E-state index contributed by atoms with van der Waals surface area (Å²) < 4.78 is 7.50. The van der Waals surface area contributed by atoms with Gasteiger partial charge in [0.2, 0.25) is 0 Å². The zero-order chi connectivity index (χ0) is 11.5. The van der Waals surface area contributed by atoms with E-state index in [0.717, 1.165) is 6.54 Å². The molecule has 0 unspecified atom stereocenters. The lowest BCUT2D eigenvalue weighted by Gasteiger charge is -2.09. The first-order valence-corrected chi connectivity index (χ1v) is 5.60. The molecule has 1 aromatic heterocycles. The third-order valence-corrected chi connectivity index (χ3v) is 2.92. The number of nitrogens with zero attached hydrogens (tertiary/aromatic N) is 1. The Morgan fingerprint density at radius 1 is 1.38 bits per heavy atom. The molecule has 0 aliphatic carbocycles. The summed E-state index contributed by atoms with van der Waals surface area (Å²) in [5, 5.41) is 1.25. The van der Waals surface area contributed by atoms with Crippen molar-refractivity contribution < 1.29 is 4.74 Å². The maximum absolute atomic E-state index is 5.78. The average molecular weight is 218 g/mol. The van der Waals surface area contributed by atoms with Crippen LogP contribution in [0.15, 0.2) is 24.3 Å². The van der Waals surface area contributed by atoms with Gasteiger partial charge in [-0.2, -0.15) is 0 Å². The van der Waals surface area contributed by atoms with Gasteiger partial charge < -0.3 is 15.0 Å². The SMILES string of the molecule is CCn1c(COC)cc2cccc(CN)c21. The summed E-state index contributed by atoms with van der Waals surface area (Å²) in [6, 6.07) is 8.45. The van der Waals surface area contributed by atoms with Crippen LogP contribution in [0.25, 0.3) is 10.9 Å². The van der Waals surface area contributed by atoms with Crippen LogP contribution in [0.1, 0.15) is 18.2 Å². The highest BCUT2D eigenvalue weighted by Crippen LogP contribution is 2.24. The highest BCUT2D eigenvalue weighted by molar-refractivity contribution is 5.84. The molecule has 0 fully saturated rings. The molecule has 0 atom stereocenters. The zero-order valence-electron chi connectivity index (χ0n) is 9.86. The monoisotopic (exact) mass is 218 g/mol. The second kappa shape index (κ2) is 4.68. The number of nitrogens with two attached hydrogens (primary N) is 1. The molecule has 2 aromatic rings. The molecule has 0 aliphatic rings. The molecule has 1 aromatic carbocycles. The number of ether oxygens (including phenoxy) is 1. The molecular weight excluding hydrogens is 200 g/mol. The molecule has 0 saturated carbocycles. The molecule has 0 bridgehead atoms. The minimum absolute atomic E-state index is 0.577. The maximum atomic E-state index is 5.78. The van der Waals surface area contributed by atoms with Crippen molar-refractivity contribution >= 4 is 10.9 Å². The fourth-order valence-electron chi connectivity index (χ4n) is 2.25. The summed E-state index contributed by atoms with van der Waals surface area (Å²) >= 11 is 0. The number of rotatable bonds is 4. The topological polar surface area (TPSA) is 40.2 Å². The molecular formula is C13H18N2O. The molecule has 0 radical (unpaired) electrons. The van der Waals surface area contributed by atoms with Crippen molar-refractivity contribution in [2.75, 3.05) is 7.11 Å². The van der Waals surface area contributed by atoms with E-state index in [9.17, 15) is 0 Å². The van der Waals surface area contributed by atoms with E-state index < -0.39 is 0 Å². The molecule has 0 amide bonds. The normalized spacial score (nSPS) is 11.2. The molecule has 86 valence electrons. The fraction of sp³-hybridized carbons (Fsp3) is 0.385. The summed E-state index contributed by atoms with van der Waals surface area (Å²) in [5.74, 6) is 0. The van der Waals surface area contributed by atoms with E-state index in [1.54, 1.807) is 7.11 Å². The third-order valence-electron chi connectivity index (χ3n) is 2.92. The van der Waals surface area contributed by atoms with Gasteiger partial charge in [-0.25, -0.2) is 0 Å². The Kier molecular flexibility index (Phi) is 3.27. The van der Waals surface area contributed by atoms with E-state index in [1.165, 1.54) is 22.2 Å². The molecule has 0 spiro atoms. The molecule has 3 heteroatoms. The van der Waals surface area contributed by atoms with Crippen LogP contribution in [0.4, 0.5) is 0 Å². The number of para-hydroxylation sites is 1. The second-order valence-corrected chi connectivity index (χ2v) is 3.87. The molecule has 3 nitrogen and oxygen atoms in total. The summed E-state index contributed by atoms with van der Waals surface area (Å²) in [7, 11) is 1.72. The quantitative estimate of drug-likeness (QED) is 0.855. The summed E-state index contributed by atoms with van der Waals surface area (Å²) in [6.45, 7) is 4.31. The van der Waals surface area contributed by atoms with Crippen LogP contribution in [-0.2, 0) is 24.4 Å². The average Bonchev–Trinajstić information content (AvgIpc) is 2.66. The van der Waals surface area contributed by atoms with Crippen LogP contribution >= 0.6 is 0 Å². The largest absolute Gasteiger partial charge is 0.378 e. The molecule has 0 saturated heterocycles. The highest BCUT2D eigenvalue weighted by atomic mass is 16.5. The number of methoxy groups -OCH3 is 1. The lowest BCUT2D eigenvalue weighted by Crippen LogP contribution is -2.05. The van der Waals surface area contributed by atoms with Crippen molar-refractivity contribution in [2.45, 2.75) is 26.6 Å². The minimum Gasteiger partial charge on any atom is -0.378 e. The van der Waals surface area contributed by atoms with E-state index in [2.05, 4.69) is 35.8 Å². The summed E-state index contributed by atoms with van der Waals surface area (Å²) in [4.78, 5) is 0. The second-order valence-electron chi connectivity index (χ2n) is 3.87. The first-order chi connectivity index (χ1) is 7.81. The summed E-state index contributed by atoms with van der Waals surface area (Å²) in [6.07, 6.45) is 0. The van der Waals surface area contributed by atoms with Crippen LogP contribution in [0, 0.1) is 0 Å². The number of aromatic nitrogens is 1. The Morgan fingerprint density at radius 3 is 2.81 bits per heavy atom. The Labute approximate surface area is 95.8 Å². The van der Waals surface area contributed by atoms with Crippen molar-refractivity contribution in [3.63, 3.8) is 0 Å². The van der Waals surface area contributed by atoms with Crippen LogP contribution in [0.2, 0.25) is 0 Å². The van der Waals surface area contributed by atoms with Gasteiger partial charge in [0.05, 0.1) is 12.1 Å². The van der Waals surface area contributed by atoms with Gasteiger partial charge in [-0.05, 0) is 18.6 Å². The number of hydrogen-bond acceptors (Lipinski definition) is 2. The van der Waals surface area contributed by atoms with Crippen molar-refractivity contribution in [1.29, 1.82) is 0 Å². The van der Waals surface area contributed by atoms with E-state index >= 15 is 0 Å². The molecule has 1 heterocycles. The third kappa shape index (κ3) is 1.72. The van der Waals surface area contributed by atoms with Crippen molar-refractivity contribution in [3.8, 4) is 0 Å². The Hall–Kier alpha value is -1.32. The molecule has 16 heavy (non-hydrogen) atoms. The highest BCUT2D eigenvalue weighted by Gasteiger charge is 2.09. The smallest absolute Gasteiger partial charge is 0.0864 e. The summed E-state index contributed by atoms with van der Waals surface area (Å²) in [5.41, 5.74) is 9.43. The molecule has 2 N–H and O–H groups in total. The van der Waals surface area contributed by atoms with Crippen LogP contribution < -0.4 is 5.73 Å². The first-order valence-electron chi connectivity index (χ1n) is 5.60. The van der Waals surface area contributed by atoms with Gasteiger partial charge in [0.15, 0.2) is 0 Å². The van der Waals surface area contributed by atoms with Crippen molar-refractivity contribution in [2.24, 2.45) is 5.73 Å². The van der Waals surface area contributed by atoms with Crippen LogP contribution in [-0.4, -0.2) is 11.7 Å². The van der Waals surface area contributed by atoms with Crippen molar-refractivity contribution in [3.05, 3.63) is 35.5 Å². The van der Waals surface area contributed by atoms with Crippen LogP contribution in [0.3, 0.4) is 0 Å². The predicted molar refractivity (Wildman–Crippen MR) is 66.2 cm³/mol. The van der Waals surface area contributed by atoms with Gasteiger partial charge in [0, 0.05) is 31.3 Å². The minimum atomic E-state index is 0.577. The Balaban J connectivity index is 2.67. The standard InChI is InChI=1S/C13H18N2O/c1-3-15-12(9-16-2)7-10-5-4-6-11(8-14)13(10)15/h4-7H,3,8-9,14H2,1-2H3. The van der Waals surface area contributed by atoms with Gasteiger partial charge >= 0.3 is 0 Å². The van der Waals surface area contributed by atoms with E-state index in [4.69, 9.17) is 10.5 Å². The van der Waals surface area contributed by atoms with Crippen LogP contribution in [0.5, 0.6) is 0 Å². The van der Waals surface area contributed by atoms with Gasteiger partial charge in [-0.3, -0.25) is 0 Å². The number of aryl methyl sites for hydroxylation is 1. The number of fused-ring (bicyclic) bond motifs is 1. The van der Waals surface area contributed by atoms with E-state index in [-0.39, 0.29) is 0 Å². The van der Waals surface area contributed by atoms with Gasteiger partial charge in [-0.15, -0.1) is 0 Å². The molecule has 2 rings (SSSR count). The van der Waals surface area contributed by atoms with E-state index in [0.29, 0.717) is 13.2 Å². The zero-order valence-corrected chi connectivity index (χ0v) is 9.86. The predicted octanol–water partition coefficient (Wildman–Crippen LogP) is 2.27. The Morgan fingerprint density at radius 2 is 2.19 bits per heavy atom. The fourth-order valence-corrected chi connectivity index (χ4v) is 2.25. The lowest BCUT2D eigenvalue weighted by atomic mass is 10.1. The van der Waals surface area contributed by atoms with Gasteiger partial charge in [-0.1, -0.05) is 18.2 Å². The van der Waals surface area contributed by atoms with E-state index in [1.807, 2.05) is 0 Å². The molecule has 0 aliphatic heterocycles. The number of hydrogen-bond donors (Lipinski definition) is 1. The van der Waals surface area contributed by atoms with Crippen molar-refractivity contribution in [1.82, 2.24) is 4.57 Å². The van der Waals surface area contributed by atoms with Gasteiger partial charge in [0.25, 0.3) is 0 Å². The Bertz CT molecular complexity index is 488. The number of benzene rings is 1. The van der Waals surface area contributed by atoms with Gasteiger partial charge in [0.1, 0.15) is 0 Å². The lowest BCUT2D eigenvalue weighted by molar-refractivity contribution is 0.178. The first kappa shape index (κ1) is 11.2.